The zero-order valence-electron chi connectivity index (χ0n) is 12.4. The van der Waals surface area contributed by atoms with Crippen molar-refractivity contribution in [2.24, 2.45) is 0 Å². The van der Waals surface area contributed by atoms with E-state index in [1.807, 2.05) is 0 Å². The molecule has 0 saturated carbocycles. The van der Waals surface area contributed by atoms with Gasteiger partial charge in [0.05, 0.1) is 13.1 Å². The topological polar surface area (TPSA) is 74.5 Å². The van der Waals surface area contributed by atoms with Gasteiger partial charge in [-0.05, 0) is 13.8 Å². The quantitative estimate of drug-likeness (QED) is 0.904. The molecule has 0 spiro atoms. The van der Waals surface area contributed by atoms with E-state index in [9.17, 15) is 18.0 Å². The van der Waals surface area contributed by atoms with Crippen LogP contribution in [-0.2, 0) is 6.54 Å². The van der Waals surface area contributed by atoms with Gasteiger partial charge in [0.1, 0.15) is 0 Å². The van der Waals surface area contributed by atoms with Crippen LogP contribution in [0.1, 0.15) is 18.6 Å². The van der Waals surface area contributed by atoms with Crippen LogP contribution in [0.4, 0.5) is 18.0 Å². The Bertz CT molecular complexity index is 519. The molecule has 0 unspecified atom stereocenters. The number of halogens is 3. The van der Waals surface area contributed by atoms with Crippen molar-refractivity contribution in [3.63, 3.8) is 0 Å². The van der Waals surface area contributed by atoms with Gasteiger partial charge in [-0.1, -0.05) is 5.16 Å². The zero-order chi connectivity index (χ0) is 16.3. The van der Waals surface area contributed by atoms with Crippen molar-refractivity contribution in [2.45, 2.75) is 32.6 Å². The molecule has 10 heteroatoms. The molecule has 1 atom stereocenters. The van der Waals surface area contributed by atoms with Crippen LogP contribution in [0.15, 0.2) is 4.52 Å². The second-order valence-corrected chi connectivity index (χ2v) is 5.27. The molecule has 1 aromatic rings. The minimum Gasteiger partial charge on any atom is -0.337 e. The van der Waals surface area contributed by atoms with Crippen molar-refractivity contribution < 1.29 is 22.5 Å². The maximum absolute atomic E-state index is 12.4. The van der Waals surface area contributed by atoms with Crippen molar-refractivity contribution >= 4 is 6.03 Å². The summed E-state index contributed by atoms with van der Waals surface area (Å²) < 4.78 is 42.1. The Morgan fingerprint density at radius 3 is 2.73 bits per heavy atom. The van der Waals surface area contributed by atoms with Gasteiger partial charge in [0, 0.05) is 25.7 Å². The van der Waals surface area contributed by atoms with Crippen LogP contribution in [0.2, 0.25) is 0 Å². The van der Waals surface area contributed by atoms with Gasteiger partial charge < -0.3 is 14.7 Å². The second-order valence-electron chi connectivity index (χ2n) is 5.27. The number of aryl methyl sites for hydroxylation is 1. The van der Waals surface area contributed by atoms with E-state index in [1.54, 1.807) is 13.8 Å². The molecule has 1 aliphatic heterocycles. The highest BCUT2D eigenvalue weighted by molar-refractivity contribution is 5.74. The summed E-state index contributed by atoms with van der Waals surface area (Å²) in [7, 11) is 0. The molecule has 1 N–H and O–H groups in total. The van der Waals surface area contributed by atoms with Crippen molar-refractivity contribution in [3.05, 3.63) is 11.7 Å². The molecule has 2 rings (SSSR count). The Hall–Kier alpha value is -1.84. The van der Waals surface area contributed by atoms with Crippen LogP contribution in [0.3, 0.4) is 0 Å². The van der Waals surface area contributed by atoms with Crippen LogP contribution >= 0.6 is 0 Å². The SMILES string of the molecule is Cc1noc(CNC(=O)N2CCN(CC(F)(F)F)[C@@H](C)C2)n1. The molecule has 1 fully saturated rings. The van der Waals surface area contributed by atoms with Crippen LogP contribution in [0.25, 0.3) is 0 Å². The van der Waals surface area contributed by atoms with Gasteiger partial charge in [-0.25, -0.2) is 4.79 Å². The Morgan fingerprint density at radius 2 is 2.18 bits per heavy atom. The summed E-state index contributed by atoms with van der Waals surface area (Å²) in [6.45, 7) is 3.15. The molecule has 1 aromatic heterocycles. The van der Waals surface area contributed by atoms with Crippen molar-refractivity contribution in [1.82, 2.24) is 25.3 Å². The summed E-state index contributed by atoms with van der Waals surface area (Å²) in [5.41, 5.74) is 0. The van der Waals surface area contributed by atoms with Gasteiger partial charge >= 0.3 is 12.2 Å². The average molecular weight is 321 g/mol. The van der Waals surface area contributed by atoms with E-state index in [-0.39, 0.29) is 44.1 Å². The molecule has 7 nitrogen and oxygen atoms in total. The normalized spacial score (nSPS) is 20.2. The number of piperazine rings is 1. The van der Waals surface area contributed by atoms with Gasteiger partial charge in [-0.3, -0.25) is 4.90 Å². The molecule has 2 amide bonds. The molecule has 0 aromatic carbocycles. The number of alkyl halides is 3. The monoisotopic (exact) mass is 321 g/mol. The fraction of sp³-hybridized carbons (Fsp3) is 0.750. The summed E-state index contributed by atoms with van der Waals surface area (Å²) >= 11 is 0. The smallest absolute Gasteiger partial charge is 0.337 e. The van der Waals surface area contributed by atoms with Gasteiger partial charge in [0.2, 0.25) is 5.89 Å². The summed E-state index contributed by atoms with van der Waals surface area (Å²) in [4.78, 5) is 18.8. The van der Waals surface area contributed by atoms with E-state index < -0.39 is 12.7 Å². The minimum absolute atomic E-state index is 0.0941. The van der Waals surface area contributed by atoms with Crippen LogP contribution in [-0.4, -0.2) is 64.4 Å². The van der Waals surface area contributed by atoms with Crippen LogP contribution in [0, 0.1) is 6.92 Å². The summed E-state index contributed by atoms with van der Waals surface area (Å²) in [5.74, 6) is 0.758. The zero-order valence-corrected chi connectivity index (χ0v) is 12.4. The first-order valence-corrected chi connectivity index (χ1v) is 6.87. The standard InChI is InChI=1S/C12H18F3N5O2/c1-8-6-19(3-4-20(8)7-12(13,14)15)11(21)16-5-10-17-9(2)18-22-10/h8H,3-7H2,1-2H3,(H,16,21)/t8-/m0/s1. The first kappa shape index (κ1) is 16.5. The van der Waals surface area contributed by atoms with E-state index in [0.717, 1.165) is 0 Å². The largest absolute Gasteiger partial charge is 0.401 e. The van der Waals surface area contributed by atoms with Crippen molar-refractivity contribution in [3.8, 4) is 0 Å². The van der Waals surface area contributed by atoms with Gasteiger partial charge in [0.25, 0.3) is 0 Å². The number of hydrogen-bond acceptors (Lipinski definition) is 5. The number of amides is 2. The van der Waals surface area contributed by atoms with Gasteiger partial charge in [0.15, 0.2) is 5.82 Å². The highest BCUT2D eigenvalue weighted by atomic mass is 19.4. The average Bonchev–Trinajstić information content (AvgIpc) is 2.83. The molecular weight excluding hydrogens is 303 g/mol. The molecule has 0 aliphatic carbocycles. The van der Waals surface area contributed by atoms with E-state index in [1.165, 1.54) is 9.80 Å². The van der Waals surface area contributed by atoms with Crippen LogP contribution in [0.5, 0.6) is 0 Å². The third-order valence-corrected chi connectivity index (χ3v) is 3.40. The number of rotatable bonds is 3. The van der Waals surface area contributed by atoms with Gasteiger partial charge in [-0.2, -0.15) is 18.2 Å². The highest BCUT2D eigenvalue weighted by Crippen LogP contribution is 2.20. The molecule has 124 valence electrons. The molecule has 0 bridgehead atoms. The lowest BCUT2D eigenvalue weighted by atomic mass is 10.2. The van der Waals surface area contributed by atoms with E-state index in [4.69, 9.17) is 4.52 Å². The lowest BCUT2D eigenvalue weighted by Crippen LogP contribution is -2.57. The van der Waals surface area contributed by atoms with Crippen LogP contribution < -0.4 is 5.32 Å². The van der Waals surface area contributed by atoms with Crippen molar-refractivity contribution in [2.75, 3.05) is 26.2 Å². The lowest BCUT2D eigenvalue weighted by Gasteiger charge is -2.39. The number of urea groups is 1. The lowest BCUT2D eigenvalue weighted by molar-refractivity contribution is -0.153. The fourth-order valence-electron chi connectivity index (χ4n) is 2.32. The number of hydrogen-bond donors (Lipinski definition) is 1. The third-order valence-electron chi connectivity index (χ3n) is 3.40. The number of nitrogens with zero attached hydrogens (tertiary/aromatic N) is 4. The Morgan fingerprint density at radius 1 is 1.45 bits per heavy atom. The number of carbonyl (C=O) groups is 1. The summed E-state index contributed by atoms with van der Waals surface area (Å²) in [6.07, 6.45) is -4.23. The molecule has 1 saturated heterocycles. The second kappa shape index (κ2) is 6.51. The summed E-state index contributed by atoms with van der Waals surface area (Å²) in [6, 6.07) is -0.707. The summed E-state index contributed by atoms with van der Waals surface area (Å²) in [5, 5.41) is 6.21. The van der Waals surface area contributed by atoms with E-state index in [2.05, 4.69) is 15.5 Å². The Balaban J connectivity index is 1.80. The van der Waals surface area contributed by atoms with Crippen molar-refractivity contribution in [1.29, 1.82) is 0 Å². The first-order valence-electron chi connectivity index (χ1n) is 6.87. The predicted octanol–water partition coefficient (Wildman–Crippen LogP) is 1.16. The molecular formula is C12H18F3N5O2. The van der Waals surface area contributed by atoms with E-state index >= 15 is 0 Å². The number of aromatic nitrogens is 2. The number of carbonyl (C=O) groups excluding carboxylic acids is 1. The molecule has 0 radical (unpaired) electrons. The maximum atomic E-state index is 12.4. The maximum Gasteiger partial charge on any atom is 0.401 e. The highest BCUT2D eigenvalue weighted by Gasteiger charge is 2.35. The van der Waals surface area contributed by atoms with Gasteiger partial charge in [-0.15, -0.1) is 0 Å². The van der Waals surface area contributed by atoms with E-state index in [0.29, 0.717) is 5.82 Å². The predicted molar refractivity (Wildman–Crippen MR) is 69.9 cm³/mol. The third kappa shape index (κ3) is 4.58. The first-order chi connectivity index (χ1) is 10.2. The Kier molecular flexibility index (Phi) is 4.89. The molecule has 22 heavy (non-hydrogen) atoms. The fourth-order valence-corrected chi connectivity index (χ4v) is 2.32. The number of nitrogens with one attached hydrogen (secondary N) is 1. The molecule has 2 heterocycles. The molecule has 1 aliphatic rings. The Labute approximate surface area is 125 Å². The minimum atomic E-state index is -4.23.